The van der Waals surface area contributed by atoms with Crippen molar-refractivity contribution in [2.75, 3.05) is 19.7 Å². The zero-order chi connectivity index (χ0) is 14.3. The van der Waals surface area contributed by atoms with Gasteiger partial charge < -0.3 is 15.4 Å². The first-order chi connectivity index (χ1) is 8.97. The standard InChI is InChI=1S/C14H26N2O3/c1-4-19-11(17)7-5-9-16-13(18)12-14(2,3)8-6-10-15-12/h12,15H,4-10H2,1-3H3,(H,16,18). The number of carbonyl (C=O) groups is 2. The molecule has 110 valence electrons. The van der Waals surface area contributed by atoms with E-state index in [1.54, 1.807) is 6.92 Å². The average molecular weight is 270 g/mol. The molecule has 0 saturated carbocycles. The van der Waals surface area contributed by atoms with Gasteiger partial charge in [-0.15, -0.1) is 0 Å². The second kappa shape index (κ2) is 7.48. The molecule has 1 atom stereocenters. The highest BCUT2D eigenvalue weighted by Crippen LogP contribution is 2.29. The largest absolute Gasteiger partial charge is 0.466 e. The summed E-state index contributed by atoms with van der Waals surface area (Å²) < 4.78 is 4.83. The number of hydrogen-bond acceptors (Lipinski definition) is 4. The number of hydrogen-bond donors (Lipinski definition) is 2. The molecule has 19 heavy (non-hydrogen) atoms. The van der Waals surface area contributed by atoms with Gasteiger partial charge in [0.2, 0.25) is 5.91 Å². The zero-order valence-corrected chi connectivity index (χ0v) is 12.3. The summed E-state index contributed by atoms with van der Waals surface area (Å²) in [5.41, 5.74) is -0.0104. The van der Waals surface area contributed by atoms with Gasteiger partial charge in [0.15, 0.2) is 0 Å². The molecule has 0 aliphatic carbocycles. The minimum absolute atomic E-state index is 0.0104. The van der Waals surface area contributed by atoms with Crippen molar-refractivity contribution in [3.63, 3.8) is 0 Å². The first kappa shape index (κ1) is 16.0. The van der Waals surface area contributed by atoms with Gasteiger partial charge in [0, 0.05) is 13.0 Å². The Hall–Kier alpha value is -1.10. The Morgan fingerprint density at radius 1 is 1.42 bits per heavy atom. The first-order valence-corrected chi connectivity index (χ1v) is 7.14. The molecular weight excluding hydrogens is 244 g/mol. The lowest BCUT2D eigenvalue weighted by Crippen LogP contribution is -2.55. The molecular formula is C14H26N2O3. The summed E-state index contributed by atoms with van der Waals surface area (Å²) in [5, 5.41) is 6.17. The summed E-state index contributed by atoms with van der Waals surface area (Å²) in [4.78, 5) is 23.2. The Morgan fingerprint density at radius 3 is 2.79 bits per heavy atom. The molecule has 5 nitrogen and oxygen atoms in total. The maximum Gasteiger partial charge on any atom is 0.305 e. The number of amides is 1. The first-order valence-electron chi connectivity index (χ1n) is 7.14. The predicted molar refractivity (Wildman–Crippen MR) is 73.7 cm³/mol. The van der Waals surface area contributed by atoms with Crippen molar-refractivity contribution in [1.29, 1.82) is 0 Å². The van der Waals surface area contributed by atoms with Crippen LogP contribution in [0.3, 0.4) is 0 Å². The molecule has 1 amide bonds. The monoisotopic (exact) mass is 270 g/mol. The van der Waals surface area contributed by atoms with Gasteiger partial charge in [-0.2, -0.15) is 0 Å². The number of piperidine rings is 1. The average Bonchev–Trinajstić information content (AvgIpc) is 2.34. The molecule has 0 bridgehead atoms. The molecule has 0 aromatic rings. The number of rotatable bonds is 6. The molecule has 1 heterocycles. The van der Waals surface area contributed by atoms with Crippen molar-refractivity contribution < 1.29 is 14.3 Å². The Morgan fingerprint density at radius 2 is 2.16 bits per heavy atom. The third-order valence-electron chi connectivity index (χ3n) is 3.55. The quantitative estimate of drug-likeness (QED) is 0.562. The maximum absolute atomic E-state index is 12.1. The van der Waals surface area contributed by atoms with Crippen LogP contribution in [0.4, 0.5) is 0 Å². The van der Waals surface area contributed by atoms with Gasteiger partial charge >= 0.3 is 5.97 Å². The van der Waals surface area contributed by atoms with E-state index in [2.05, 4.69) is 24.5 Å². The number of carbonyl (C=O) groups excluding carboxylic acids is 2. The van der Waals surface area contributed by atoms with Crippen LogP contribution < -0.4 is 10.6 Å². The highest BCUT2D eigenvalue weighted by atomic mass is 16.5. The van der Waals surface area contributed by atoms with E-state index in [9.17, 15) is 9.59 Å². The molecule has 2 N–H and O–H groups in total. The highest BCUT2D eigenvalue weighted by Gasteiger charge is 2.36. The zero-order valence-electron chi connectivity index (χ0n) is 12.3. The molecule has 1 aliphatic rings. The molecule has 1 saturated heterocycles. The fourth-order valence-electron chi connectivity index (χ4n) is 2.44. The Balaban J connectivity index is 2.25. The van der Waals surface area contributed by atoms with Crippen LogP contribution in [0.1, 0.15) is 46.5 Å². The molecule has 0 radical (unpaired) electrons. The second-order valence-corrected chi connectivity index (χ2v) is 5.68. The third-order valence-corrected chi connectivity index (χ3v) is 3.55. The van der Waals surface area contributed by atoms with Gasteiger partial charge in [0.05, 0.1) is 12.6 Å². The highest BCUT2D eigenvalue weighted by molar-refractivity contribution is 5.82. The lowest BCUT2D eigenvalue weighted by molar-refractivity contribution is -0.143. The predicted octanol–water partition coefficient (Wildman–Crippen LogP) is 1.22. The Kier molecular flexibility index (Phi) is 6.28. The molecule has 0 aromatic heterocycles. The van der Waals surface area contributed by atoms with Gasteiger partial charge in [-0.25, -0.2) is 0 Å². The normalized spacial score (nSPS) is 21.7. The summed E-state index contributed by atoms with van der Waals surface area (Å²) in [6, 6.07) is -0.135. The molecule has 1 aliphatic heterocycles. The molecule has 1 fully saturated rings. The number of nitrogens with one attached hydrogen (secondary N) is 2. The number of ether oxygens (including phenoxy) is 1. The lowest BCUT2D eigenvalue weighted by atomic mass is 9.77. The summed E-state index contributed by atoms with van der Waals surface area (Å²) in [6.45, 7) is 7.84. The molecule has 1 rings (SSSR count). The summed E-state index contributed by atoms with van der Waals surface area (Å²) in [7, 11) is 0. The van der Waals surface area contributed by atoms with Crippen molar-refractivity contribution in [3.8, 4) is 0 Å². The van der Waals surface area contributed by atoms with Crippen LogP contribution in [0.25, 0.3) is 0 Å². The number of esters is 1. The molecule has 5 heteroatoms. The van der Waals surface area contributed by atoms with E-state index in [1.165, 1.54) is 0 Å². The molecule has 1 unspecified atom stereocenters. The van der Waals surface area contributed by atoms with E-state index in [0.717, 1.165) is 19.4 Å². The van der Waals surface area contributed by atoms with Crippen LogP contribution in [-0.2, 0) is 14.3 Å². The van der Waals surface area contributed by atoms with Crippen LogP contribution in [0.2, 0.25) is 0 Å². The van der Waals surface area contributed by atoms with Gasteiger partial charge in [-0.3, -0.25) is 9.59 Å². The SMILES string of the molecule is CCOC(=O)CCCNC(=O)C1NCCCC1(C)C. The van der Waals surface area contributed by atoms with Crippen molar-refractivity contribution in [2.45, 2.75) is 52.5 Å². The van der Waals surface area contributed by atoms with Crippen LogP contribution in [0.5, 0.6) is 0 Å². The van der Waals surface area contributed by atoms with Gasteiger partial charge in [-0.1, -0.05) is 13.8 Å². The maximum atomic E-state index is 12.1. The van der Waals surface area contributed by atoms with E-state index >= 15 is 0 Å². The van der Waals surface area contributed by atoms with Crippen LogP contribution >= 0.6 is 0 Å². The fourth-order valence-corrected chi connectivity index (χ4v) is 2.44. The topological polar surface area (TPSA) is 67.4 Å². The van der Waals surface area contributed by atoms with E-state index in [-0.39, 0.29) is 23.3 Å². The van der Waals surface area contributed by atoms with E-state index in [0.29, 0.717) is 26.0 Å². The van der Waals surface area contributed by atoms with E-state index in [4.69, 9.17) is 4.74 Å². The fraction of sp³-hybridized carbons (Fsp3) is 0.857. The second-order valence-electron chi connectivity index (χ2n) is 5.68. The van der Waals surface area contributed by atoms with Crippen molar-refractivity contribution in [2.24, 2.45) is 5.41 Å². The molecule has 0 spiro atoms. The van der Waals surface area contributed by atoms with Crippen molar-refractivity contribution in [1.82, 2.24) is 10.6 Å². The van der Waals surface area contributed by atoms with Gasteiger partial charge in [-0.05, 0) is 38.1 Å². The van der Waals surface area contributed by atoms with Crippen molar-refractivity contribution >= 4 is 11.9 Å². The summed E-state index contributed by atoms with van der Waals surface area (Å²) in [6.07, 6.45) is 3.15. The minimum Gasteiger partial charge on any atom is -0.466 e. The van der Waals surface area contributed by atoms with Crippen molar-refractivity contribution in [3.05, 3.63) is 0 Å². The van der Waals surface area contributed by atoms with Gasteiger partial charge in [0.25, 0.3) is 0 Å². The van der Waals surface area contributed by atoms with Crippen LogP contribution in [-0.4, -0.2) is 37.6 Å². The van der Waals surface area contributed by atoms with E-state index in [1.807, 2.05) is 0 Å². The smallest absolute Gasteiger partial charge is 0.305 e. The van der Waals surface area contributed by atoms with Crippen LogP contribution in [0, 0.1) is 5.41 Å². The van der Waals surface area contributed by atoms with Crippen LogP contribution in [0.15, 0.2) is 0 Å². The van der Waals surface area contributed by atoms with E-state index < -0.39 is 0 Å². The Bertz CT molecular complexity index is 316. The summed E-state index contributed by atoms with van der Waals surface area (Å²) >= 11 is 0. The van der Waals surface area contributed by atoms with Gasteiger partial charge in [0.1, 0.15) is 0 Å². The Labute approximate surface area is 115 Å². The third kappa shape index (κ3) is 5.19. The minimum atomic E-state index is -0.201. The lowest BCUT2D eigenvalue weighted by Gasteiger charge is -2.38. The molecule has 0 aromatic carbocycles. The summed E-state index contributed by atoms with van der Waals surface area (Å²) in [5.74, 6) is -0.165.